The van der Waals surface area contributed by atoms with Crippen LogP contribution in [0.1, 0.15) is 26.7 Å². The molecule has 17 heavy (non-hydrogen) atoms. The Kier molecular flexibility index (Phi) is 7.29. The first-order valence-electron chi connectivity index (χ1n) is 5.72. The summed E-state index contributed by atoms with van der Waals surface area (Å²) in [6.45, 7) is 4.08. The predicted molar refractivity (Wildman–Crippen MR) is 64.0 cm³/mol. The van der Waals surface area contributed by atoms with E-state index in [-0.39, 0.29) is 12.1 Å². The number of likely N-dealkylation sites (N-methyl/N-ethyl adjacent to an activating group) is 1. The lowest BCUT2D eigenvalue weighted by Gasteiger charge is -2.26. The minimum absolute atomic E-state index is 0.0961. The van der Waals surface area contributed by atoms with Gasteiger partial charge in [-0.1, -0.05) is 13.8 Å². The third-order valence-electron chi connectivity index (χ3n) is 2.65. The molecule has 100 valence electrons. The molecule has 0 aromatic carbocycles. The van der Waals surface area contributed by atoms with Gasteiger partial charge in [-0.3, -0.25) is 0 Å². The van der Waals surface area contributed by atoms with Crippen LogP contribution in [0.25, 0.3) is 0 Å². The first kappa shape index (κ1) is 15.7. The number of amides is 2. The molecule has 0 rings (SSSR count). The van der Waals surface area contributed by atoms with Crippen LogP contribution in [0.2, 0.25) is 0 Å². The van der Waals surface area contributed by atoms with Crippen LogP contribution >= 0.6 is 0 Å². The van der Waals surface area contributed by atoms with E-state index >= 15 is 0 Å². The Morgan fingerprint density at radius 2 is 1.94 bits per heavy atom. The van der Waals surface area contributed by atoms with E-state index in [1.807, 2.05) is 6.92 Å². The molecule has 0 spiro atoms. The molecular formula is C11H22N2O4. The highest BCUT2D eigenvalue weighted by Gasteiger charge is 2.25. The number of urea groups is 1. The minimum Gasteiger partial charge on any atom is -0.480 e. The summed E-state index contributed by atoms with van der Waals surface area (Å²) >= 11 is 0. The fraction of sp³-hybridized carbons (Fsp3) is 0.818. The van der Waals surface area contributed by atoms with Gasteiger partial charge in [0.1, 0.15) is 6.04 Å². The number of nitrogens with one attached hydrogen (secondary N) is 1. The third-order valence-corrected chi connectivity index (χ3v) is 2.65. The van der Waals surface area contributed by atoms with Crippen LogP contribution in [-0.2, 0) is 9.53 Å². The molecule has 0 fully saturated rings. The monoisotopic (exact) mass is 246 g/mol. The topological polar surface area (TPSA) is 78.9 Å². The van der Waals surface area contributed by atoms with Gasteiger partial charge in [0, 0.05) is 14.2 Å². The number of hydrogen-bond acceptors (Lipinski definition) is 3. The van der Waals surface area contributed by atoms with Gasteiger partial charge >= 0.3 is 12.0 Å². The van der Waals surface area contributed by atoms with E-state index in [1.54, 1.807) is 14.0 Å². The zero-order valence-electron chi connectivity index (χ0n) is 10.9. The first-order chi connectivity index (χ1) is 7.97. The maximum atomic E-state index is 11.8. The number of carboxylic acid groups (broad SMARTS) is 1. The highest BCUT2D eigenvalue weighted by Crippen LogP contribution is 2.03. The van der Waals surface area contributed by atoms with E-state index in [1.165, 1.54) is 11.9 Å². The maximum absolute atomic E-state index is 11.8. The molecule has 0 heterocycles. The summed E-state index contributed by atoms with van der Waals surface area (Å²) in [5.41, 5.74) is 0. The van der Waals surface area contributed by atoms with Gasteiger partial charge in [-0.15, -0.1) is 0 Å². The largest absolute Gasteiger partial charge is 0.480 e. The van der Waals surface area contributed by atoms with Crippen molar-refractivity contribution in [1.82, 2.24) is 10.2 Å². The highest BCUT2D eigenvalue weighted by molar-refractivity contribution is 5.82. The van der Waals surface area contributed by atoms with E-state index in [4.69, 9.17) is 9.84 Å². The molecule has 6 heteroatoms. The average molecular weight is 246 g/mol. The number of methoxy groups -OCH3 is 1. The number of aliphatic carboxylic acids is 1. The first-order valence-corrected chi connectivity index (χ1v) is 5.72. The fourth-order valence-electron chi connectivity index (χ4n) is 1.49. The van der Waals surface area contributed by atoms with Gasteiger partial charge in [0.15, 0.2) is 0 Å². The Labute approximate surface area is 102 Å². The van der Waals surface area contributed by atoms with E-state index < -0.39 is 12.0 Å². The quantitative estimate of drug-likeness (QED) is 0.700. The molecule has 2 N–H and O–H groups in total. The lowest BCUT2D eigenvalue weighted by Crippen LogP contribution is -2.50. The molecule has 0 aromatic rings. The van der Waals surface area contributed by atoms with Crippen molar-refractivity contribution >= 4 is 12.0 Å². The molecule has 0 radical (unpaired) electrons. The van der Waals surface area contributed by atoms with E-state index in [9.17, 15) is 9.59 Å². The third kappa shape index (κ3) is 5.04. The fourth-order valence-corrected chi connectivity index (χ4v) is 1.49. The van der Waals surface area contributed by atoms with Gasteiger partial charge in [0.05, 0.1) is 12.6 Å². The van der Waals surface area contributed by atoms with Crippen LogP contribution in [0.4, 0.5) is 4.79 Å². The summed E-state index contributed by atoms with van der Waals surface area (Å²) in [6, 6.07) is -1.28. The van der Waals surface area contributed by atoms with Crippen molar-refractivity contribution in [2.45, 2.75) is 38.8 Å². The molecule has 2 atom stereocenters. The summed E-state index contributed by atoms with van der Waals surface area (Å²) in [5.74, 6) is -0.995. The van der Waals surface area contributed by atoms with Crippen LogP contribution < -0.4 is 5.32 Å². The van der Waals surface area contributed by atoms with Crippen molar-refractivity contribution in [2.24, 2.45) is 0 Å². The molecule has 0 aliphatic carbocycles. The number of carbonyl (C=O) groups excluding carboxylic acids is 1. The van der Waals surface area contributed by atoms with Gasteiger partial charge in [-0.25, -0.2) is 9.59 Å². The van der Waals surface area contributed by atoms with Gasteiger partial charge < -0.3 is 20.1 Å². The van der Waals surface area contributed by atoms with Crippen molar-refractivity contribution < 1.29 is 19.4 Å². The molecule has 0 saturated heterocycles. The Bertz CT molecular complexity index is 258. The predicted octanol–water partition coefficient (Wildman–Crippen LogP) is 0.916. The van der Waals surface area contributed by atoms with Crippen molar-refractivity contribution in [2.75, 3.05) is 20.8 Å². The molecule has 2 unspecified atom stereocenters. The Morgan fingerprint density at radius 1 is 1.35 bits per heavy atom. The Hall–Kier alpha value is -1.30. The normalized spacial score (nSPS) is 13.9. The van der Waals surface area contributed by atoms with Gasteiger partial charge in [-0.2, -0.15) is 0 Å². The van der Waals surface area contributed by atoms with Gasteiger partial charge in [0.2, 0.25) is 0 Å². The van der Waals surface area contributed by atoms with Gasteiger partial charge in [0.25, 0.3) is 0 Å². The number of ether oxygens (including phenoxy) is 1. The van der Waals surface area contributed by atoms with Crippen LogP contribution in [0.5, 0.6) is 0 Å². The van der Waals surface area contributed by atoms with Crippen LogP contribution in [0, 0.1) is 0 Å². The van der Waals surface area contributed by atoms with Crippen molar-refractivity contribution in [3.63, 3.8) is 0 Å². The Morgan fingerprint density at radius 3 is 2.29 bits per heavy atom. The van der Waals surface area contributed by atoms with E-state index in [0.717, 1.165) is 6.42 Å². The highest BCUT2D eigenvalue weighted by atomic mass is 16.5. The minimum atomic E-state index is -0.995. The lowest BCUT2D eigenvalue weighted by molar-refractivity contribution is -0.141. The molecule has 2 amide bonds. The Balaban J connectivity index is 4.42. The molecule has 0 aromatic heterocycles. The number of nitrogens with zero attached hydrogens (tertiary/aromatic N) is 1. The smallest absolute Gasteiger partial charge is 0.326 e. The van der Waals surface area contributed by atoms with Crippen molar-refractivity contribution in [1.29, 1.82) is 0 Å². The zero-order chi connectivity index (χ0) is 13.4. The second-order valence-corrected chi connectivity index (χ2v) is 3.88. The van der Waals surface area contributed by atoms with Crippen LogP contribution in [0.3, 0.4) is 0 Å². The zero-order valence-corrected chi connectivity index (χ0v) is 10.9. The standard InChI is InChI=1S/C11H22N2O4/c1-5-8(7-17-4)12-11(16)13(3)9(6-2)10(14)15/h8-9H,5-7H2,1-4H3,(H,12,16)(H,14,15). The summed E-state index contributed by atoms with van der Waals surface area (Å²) in [6.07, 6.45) is 1.11. The number of carbonyl (C=O) groups is 2. The van der Waals surface area contributed by atoms with Crippen molar-refractivity contribution in [3.05, 3.63) is 0 Å². The summed E-state index contributed by atoms with van der Waals surface area (Å²) in [7, 11) is 3.04. The molecular weight excluding hydrogens is 224 g/mol. The average Bonchev–Trinajstić information content (AvgIpc) is 2.28. The second kappa shape index (κ2) is 7.89. The second-order valence-electron chi connectivity index (χ2n) is 3.88. The summed E-state index contributed by atoms with van der Waals surface area (Å²) in [4.78, 5) is 23.9. The van der Waals surface area contributed by atoms with Crippen LogP contribution in [0.15, 0.2) is 0 Å². The van der Waals surface area contributed by atoms with Crippen LogP contribution in [-0.4, -0.2) is 54.9 Å². The summed E-state index contributed by atoms with van der Waals surface area (Å²) in [5, 5.41) is 11.7. The van der Waals surface area contributed by atoms with Gasteiger partial charge in [-0.05, 0) is 12.8 Å². The number of rotatable bonds is 7. The summed E-state index contributed by atoms with van der Waals surface area (Å²) < 4.78 is 4.96. The number of carboxylic acids is 1. The maximum Gasteiger partial charge on any atom is 0.326 e. The molecule has 0 saturated carbocycles. The van der Waals surface area contributed by atoms with E-state index in [2.05, 4.69) is 5.32 Å². The molecule has 0 bridgehead atoms. The lowest BCUT2D eigenvalue weighted by atomic mass is 10.2. The number of hydrogen-bond donors (Lipinski definition) is 2. The van der Waals surface area contributed by atoms with E-state index in [0.29, 0.717) is 13.0 Å². The van der Waals surface area contributed by atoms with Crippen molar-refractivity contribution in [3.8, 4) is 0 Å². The molecule has 0 aliphatic heterocycles. The molecule has 0 aliphatic rings. The molecule has 6 nitrogen and oxygen atoms in total. The SMILES string of the molecule is CCC(COC)NC(=O)N(C)C(CC)C(=O)O.